The Bertz CT molecular complexity index is 1380. The van der Waals surface area contributed by atoms with Crippen molar-refractivity contribution in [1.82, 2.24) is 4.98 Å². The molecule has 0 spiro atoms. The highest BCUT2D eigenvalue weighted by atomic mass is 31.2. The Morgan fingerprint density at radius 2 is 1.45 bits per heavy atom. The zero-order valence-corrected chi connectivity index (χ0v) is 17.7. The molecule has 0 bridgehead atoms. The third kappa shape index (κ3) is 3.39. The van der Waals surface area contributed by atoms with Crippen LogP contribution in [0.5, 0.6) is 0 Å². The summed E-state index contributed by atoms with van der Waals surface area (Å²) in [6, 6.07) is 28.5. The standard InChI is InChI=1S/C26H19FNO2P/c1-18-12-14-24-23(16-18)28-26(30-24)22-17-19(27)13-15-25(22)31(29,20-8-4-2-5-9-20)21-10-6-3-7-11-21/h2-17H,1H3. The van der Waals surface area contributed by atoms with Crippen LogP contribution in [0.3, 0.4) is 0 Å². The summed E-state index contributed by atoms with van der Waals surface area (Å²) >= 11 is 0. The third-order valence-electron chi connectivity index (χ3n) is 5.31. The van der Waals surface area contributed by atoms with Crippen molar-refractivity contribution in [3.05, 3.63) is 108 Å². The molecule has 0 aliphatic carbocycles. The molecular formula is C26H19FNO2P. The summed E-state index contributed by atoms with van der Waals surface area (Å²) in [5, 5.41) is 1.83. The van der Waals surface area contributed by atoms with Crippen molar-refractivity contribution >= 4 is 34.2 Å². The van der Waals surface area contributed by atoms with Crippen LogP contribution in [0.15, 0.2) is 101 Å². The van der Waals surface area contributed by atoms with Crippen LogP contribution < -0.4 is 15.9 Å². The first-order valence-electron chi connectivity index (χ1n) is 9.95. The van der Waals surface area contributed by atoms with Gasteiger partial charge in [0.25, 0.3) is 0 Å². The van der Waals surface area contributed by atoms with Crippen molar-refractivity contribution in [2.75, 3.05) is 0 Å². The number of benzene rings is 4. The molecule has 31 heavy (non-hydrogen) atoms. The molecule has 0 saturated carbocycles. The maximum atomic E-state index is 14.8. The minimum absolute atomic E-state index is 0.252. The SMILES string of the molecule is Cc1ccc2oc(-c3cc(F)ccc3P(=O)(c3ccccc3)c3ccccc3)nc2c1. The molecule has 152 valence electrons. The zero-order chi connectivity index (χ0) is 21.4. The Hall–Kier alpha value is -3.49. The molecule has 3 nitrogen and oxygen atoms in total. The molecule has 5 aromatic rings. The zero-order valence-electron chi connectivity index (χ0n) is 16.8. The topological polar surface area (TPSA) is 43.1 Å². The summed E-state index contributed by atoms with van der Waals surface area (Å²) in [4.78, 5) is 4.59. The first-order valence-corrected chi connectivity index (χ1v) is 11.7. The molecule has 0 aliphatic rings. The van der Waals surface area contributed by atoms with Crippen LogP contribution in [0.25, 0.3) is 22.6 Å². The highest BCUT2D eigenvalue weighted by molar-refractivity contribution is 7.85. The van der Waals surface area contributed by atoms with E-state index in [-0.39, 0.29) is 5.89 Å². The number of nitrogens with zero attached hydrogens (tertiary/aromatic N) is 1. The van der Waals surface area contributed by atoms with Gasteiger partial charge in [0.15, 0.2) is 12.7 Å². The number of rotatable bonds is 4. The van der Waals surface area contributed by atoms with E-state index < -0.39 is 13.0 Å². The maximum absolute atomic E-state index is 14.8. The predicted octanol–water partition coefficient (Wildman–Crippen LogP) is 5.58. The van der Waals surface area contributed by atoms with E-state index in [1.165, 1.54) is 12.1 Å². The number of halogens is 1. The average Bonchev–Trinajstić information content (AvgIpc) is 3.23. The third-order valence-corrected chi connectivity index (χ3v) is 8.43. The summed E-state index contributed by atoms with van der Waals surface area (Å²) in [6.45, 7) is 1.97. The van der Waals surface area contributed by atoms with Crippen molar-refractivity contribution in [3.63, 3.8) is 0 Å². The molecule has 5 rings (SSSR count). The van der Waals surface area contributed by atoms with E-state index in [9.17, 15) is 8.96 Å². The van der Waals surface area contributed by atoms with Crippen molar-refractivity contribution in [2.24, 2.45) is 0 Å². The van der Waals surface area contributed by atoms with Crippen molar-refractivity contribution in [2.45, 2.75) is 6.92 Å². The Labute approximate surface area is 179 Å². The molecule has 0 amide bonds. The second-order valence-electron chi connectivity index (χ2n) is 7.43. The van der Waals surface area contributed by atoms with E-state index in [1.54, 1.807) is 6.07 Å². The number of hydrogen-bond acceptors (Lipinski definition) is 3. The van der Waals surface area contributed by atoms with Gasteiger partial charge in [0, 0.05) is 15.9 Å². The summed E-state index contributed by atoms with van der Waals surface area (Å²) in [7, 11) is -3.32. The minimum atomic E-state index is -3.32. The van der Waals surface area contributed by atoms with Gasteiger partial charge >= 0.3 is 0 Å². The largest absolute Gasteiger partial charge is 0.436 e. The number of fused-ring (bicyclic) bond motifs is 1. The van der Waals surface area contributed by atoms with E-state index in [2.05, 4.69) is 4.98 Å². The monoisotopic (exact) mass is 427 g/mol. The first-order chi connectivity index (χ1) is 15.1. The summed E-state index contributed by atoms with van der Waals surface area (Å²) in [5.74, 6) is -0.188. The lowest BCUT2D eigenvalue weighted by atomic mass is 10.2. The van der Waals surface area contributed by atoms with E-state index in [4.69, 9.17) is 4.42 Å². The quantitative estimate of drug-likeness (QED) is 0.352. The fourth-order valence-electron chi connectivity index (χ4n) is 3.81. The van der Waals surface area contributed by atoms with Crippen LogP contribution >= 0.6 is 7.14 Å². The molecule has 0 aliphatic heterocycles. The van der Waals surface area contributed by atoms with Gasteiger partial charge in [0.1, 0.15) is 11.3 Å². The molecule has 0 atom stereocenters. The second kappa shape index (κ2) is 7.64. The molecule has 0 radical (unpaired) electrons. The lowest BCUT2D eigenvalue weighted by Crippen LogP contribution is -2.26. The van der Waals surface area contributed by atoms with Crippen LogP contribution in [0.2, 0.25) is 0 Å². The van der Waals surface area contributed by atoms with E-state index in [0.717, 1.165) is 5.56 Å². The summed E-state index contributed by atoms with van der Waals surface area (Å²) in [6.07, 6.45) is 0. The van der Waals surface area contributed by atoms with Crippen LogP contribution in [0.1, 0.15) is 5.56 Å². The van der Waals surface area contributed by atoms with Gasteiger partial charge in [-0.05, 0) is 42.8 Å². The average molecular weight is 427 g/mol. The first kappa shape index (κ1) is 19.5. The van der Waals surface area contributed by atoms with Gasteiger partial charge in [-0.15, -0.1) is 0 Å². The van der Waals surface area contributed by atoms with E-state index in [1.807, 2.05) is 85.8 Å². The maximum Gasteiger partial charge on any atom is 0.228 e. The van der Waals surface area contributed by atoms with Crippen LogP contribution in [-0.4, -0.2) is 4.98 Å². The number of aromatic nitrogens is 1. The fourth-order valence-corrected chi connectivity index (χ4v) is 6.63. The predicted molar refractivity (Wildman–Crippen MR) is 124 cm³/mol. The van der Waals surface area contributed by atoms with Gasteiger partial charge in [0.05, 0.1) is 5.56 Å². The normalized spacial score (nSPS) is 11.7. The van der Waals surface area contributed by atoms with Crippen LogP contribution in [-0.2, 0) is 4.57 Å². The molecule has 4 aromatic carbocycles. The molecule has 0 N–H and O–H groups in total. The van der Waals surface area contributed by atoms with Gasteiger partial charge in [0.2, 0.25) is 5.89 Å². The lowest BCUT2D eigenvalue weighted by Gasteiger charge is -2.22. The molecule has 1 heterocycles. The van der Waals surface area contributed by atoms with Gasteiger partial charge in [-0.3, -0.25) is 0 Å². The van der Waals surface area contributed by atoms with Gasteiger partial charge in [-0.1, -0.05) is 66.7 Å². The van der Waals surface area contributed by atoms with Gasteiger partial charge in [-0.25, -0.2) is 9.37 Å². The molecule has 1 aromatic heterocycles. The number of aryl methyl sites for hydroxylation is 1. The van der Waals surface area contributed by atoms with Crippen LogP contribution in [0.4, 0.5) is 4.39 Å². The highest BCUT2D eigenvalue weighted by Gasteiger charge is 2.33. The number of oxazole rings is 1. The van der Waals surface area contributed by atoms with Crippen LogP contribution in [0, 0.1) is 12.7 Å². The Balaban J connectivity index is 1.81. The molecule has 5 heteroatoms. The van der Waals surface area contributed by atoms with Crippen molar-refractivity contribution in [3.8, 4) is 11.5 Å². The Morgan fingerprint density at radius 1 is 0.806 bits per heavy atom. The summed E-state index contributed by atoms with van der Waals surface area (Å²) in [5.41, 5.74) is 2.72. The summed E-state index contributed by atoms with van der Waals surface area (Å²) < 4.78 is 35.2. The Kier molecular flexibility index (Phi) is 4.80. The molecule has 0 saturated heterocycles. The van der Waals surface area contributed by atoms with Gasteiger partial charge in [-0.2, -0.15) is 0 Å². The number of hydrogen-bond donors (Lipinski definition) is 0. The lowest BCUT2D eigenvalue weighted by molar-refractivity contribution is 0.591. The molecular weight excluding hydrogens is 408 g/mol. The fraction of sp³-hybridized carbons (Fsp3) is 0.0385. The smallest absolute Gasteiger partial charge is 0.228 e. The minimum Gasteiger partial charge on any atom is -0.436 e. The van der Waals surface area contributed by atoms with Crippen molar-refractivity contribution in [1.29, 1.82) is 0 Å². The van der Waals surface area contributed by atoms with E-state index in [0.29, 0.717) is 32.6 Å². The Morgan fingerprint density at radius 3 is 2.10 bits per heavy atom. The van der Waals surface area contributed by atoms with E-state index >= 15 is 0 Å². The molecule has 0 fully saturated rings. The highest BCUT2D eigenvalue weighted by Crippen LogP contribution is 2.45. The second-order valence-corrected chi connectivity index (χ2v) is 10.2. The van der Waals surface area contributed by atoms with Crippen molar-refractivity contribution < 1.29 is 13.4 Å². The van der Waals surface area contributed by atoms with Gasteiger partial charge < -0.3 is 8.98 Å². The molecule has 0 unspecified atom stereocenters.